The van der Waals surface area contributed by atoms with Crippen LogP contribution in [0.5, 0.6) is 5.75 Å². The number of amides is 1. The van der Waals surface area contributed by atoms with Crippen molar-refractivity contribution < 1.29 is 19.1 Å². The standard InChI is InChI=1S/C26H31N3O5S/c1-5-34-20-9-6-18(7-10-20)23(30)16-35-26-28-22-14-19(24(31)27-12-13-33-4)8-11-21(22)25(32)29(26)15-17(2)3/h6-11,14,17H,5,12-13,15-16H2,1-4H3,(H,27,31). The minimum atomic E-state index is -0.267. The van der Waals surface area contributed by atoms with Gasteiger partial charge in [-0.15, -0.1) is 0 Å². The highest BCUT2D eigenvalue weighted by molar-refractivity contribution is 7.99. The molecule has 2 aromatic carbocycles. The largest absolute Gasteiger partial charge is 0.494 e. The van der Waals surface area contributed by atoms with Crippen LogP contribution in [-0.4, -0.2) is 53.9 Å². The number of Topliss-reactive ketones (excluding diaryl/α,β-unsaturated/α-hetero) is 1. The molecule has 1 heterocycles. The Labute approximate surface area is 209 Å². The average molecular weight is 498 g/mol. The lowest BCUT2D eigenvalue weighted by Crippen LogP contribution is -2.28. The molecule has 0 aliphatic rings. The zero-order valence-electron chi connectivity index (χ0n) is 20.5. The average Bonchev–Trinajstić information content (AvgIpc) is 2.84. The number of hydrogen-bond donors (Lipinski definition) is 1. The van der Waals surface area contributed by atoms with Crippen LogP contribution >= 0.6 is 11.8 Å². The van der Waals surface area contributed by atoms with Crippen molar-refractivity contribution in [1.82, 2.24) is 14.9 Å². The van der Waals surface area contributed by atoms with Crippen LogP contribution in [0.2, 0.25) is 0 Å². The van der Waals surface area contributed by atoms with Crippen LogP contribution in [-0.2, 0) is 11.3 Å². The van der Waals surface area contributed by atoms with Gasteiger partial charge in [-0.25, -0.2) is 4.98 Å². The van der Waals surface area contributed by atoms with Gasteiger partial charge in [0.2, 0.25) is 0 Å². The van der Waals surface area contributed by atoms with E-state index in [2.05, 4.69) is 10.3 Å². The molecule has 8 nitrogen and oxygen atoms in total. The number of aromatic nitrogens is 2. The molecule has 0 aliphatic carbocycles. The van der Waals surface area contributed by atoms with E-state index in [-0.39, 0.29) is 28.9 Å². The van der Waals surface area contributed by atoms with Gasteiger partial charge in [0, 0.05) is 31.3 Å². The fourth-order valence-electron chi connectivity index (χ4n) is 3.46. The van der Waals surface area contributed by atoms with Gasteiger partial charge in [-0.3, -0.25) is 19.0 Å². The van der Waals surface area contributed by atoms with Gasteiger partial charge >= 0.3 is 0 Å². The molecular weight excluding hydrogens is 466 g/mol. The molecule has 35 heavy (non-hydrogen) atoms. The highest BCUT2D eigenvalue weighted by Gasteiger charge is 2.17. The molecule has 3 rings (SSSR count). The first kappa shape index (κ1) is 26.4. The van der Waals surface area contributed by atoms with E-state index in [1.165, 1.54) is 11.8 Å². The number of carbonyl (C=O) groups is 2. The van der Waals surface area contributed by atoms with E-state index >= 15 is 0 Å². The summed E-state index contributed by atoms with van der Waals surface area (Å²) < 4.78 is 12.0. The van der Waals surface area contributed by atoms with E-state index in [9.17, 15) is 14.4 Å². The molecular formula is C26H31N3O5S. The summed E-state index contributed by atoms with van der Waals surface area (Å²) in [5.41, 5.74) is 1.20. The van der Waals surface area contributed by atoms with E-state index in [0.29, 0.717) is 59.2 Å². The summed E-state index contributed by atoms with van der Waals surface area (Å²) in [6.45, 7) is 7.75. The van der Waals surface area contributed by atoms with Crippen molar-refractivity contribution in [2.75, 3.05) is 32.6 Å². The summed E-state index contributed by atoms with van der Waals surface area (Å²) in [6, 6.07) is 11.9. The van der Waals surface area contributed by atoms with Crippen LogP contribution in [0.3, 0.4) is 0 Å². The van der Waals surface area contributed by atoms with Gasteiger partial charge in [0.05, 0.1) is 29.9 Å². The van der Waals surface area contributed by atoms with Crippen molar-refractivity contribution in [2.24, 2.45) is 5.92 Å². The number of fused-ring (bicyclic) bond motifs is 1. The summed E-state index contributed by atoms with van der Waals surface area (Å²) in [7, 11) is 1.56. The number of nitrogens with zero attached hydrogens (tertiary/aromatic N) is 2. The molecule has 0 bridgehead atoms. The molecule has 0 spiro atoms. The molecule has 1 N–H and O–H groups in total. The minimum absolute atomic E-state index is 0.0743. The Bertz CT molecular complexity index is 1240. The summed E-state index contributed by atoms with van der Waals surface area (Å²) in [4.78, 5) is 43.2. The predicted octanol–water partition coefficient (Wildman–Crippen LogP) is 3.80. The molecule has 3 aromatic rings. The predicted molar refractivity (Wildman–Crippen MR) is 138 cm³/mol. The summed E-state index contributed by atoms with van der Waals surface area (Å²) in [5.74, 6) is 0.702. The number of ketones is 1. The first-order chi connectivity index (χ1) is 16.8. The number of nitrogens with one attached hydrogen (secondary N) is 1. The maximum Gasteiger partial charge on any atom is 0.262 e. The Balaban J connectivity index is 1.88. The lowest BCUT2D eigenvalue weighted by atomic mass is 10.1. The van der Waals surface area contributed by atoms with Crippen molar-refractivity contribution in [3.8, 4) is 5.75 Å². The molecule has 0 saturated heterocycles. The van der Waals surface area contributed by atoms with E-state index in [1.807, 2.05) is 20.8 Å². The molecule has 186 valence electrons. The molecule has 0 unspecified atom stereocenters. The lowest BCUT2D eigenvalue weighted by Gasteiger charge is -2.15. The fraction of sp³-hybridized carbons (Fsp3) is 0.385. The number of methoxy groups -OCH3 is 1. The normalized spacial score (nSPS) is 11.1. The Morgan fingerprint density at radius 2 is 1.83 bits per heavy atom. The van der Waals surface area contributed by atoms with Gasteiger partial charge in [-0.2, -0.15) is 0 Å². The van der Waals surface area contributed by atoms with Crippen molar-refractivity contribution in [3.05, 3.63) is 63.9 Å². The maximum absolute atomic E-state index is 13.3. The minimum Gasteiger partial charge on any atom is -0.494 e. The molecule has 0 radical (unpaired) electrons. The number of ether oxygens (including phenoxy) is 2. The van der Waals surface area contributed by atoms with Gasteiger partial charge in [-0.05, 0) is 55.3 Å². The van der Waals surface area contributed by atoms with Crippen LogP contribution in [0.4, 0.5) is 0 Å². The summed E-state index contributed by atoms with van der Waals surface area (Å²) >= 11 is 1.22. The first-order valence-electron chi connectivity index (χ1n) is 11.5. The van der Waals surface area contributed by atoms with Crippen molar-refractivity contribution >= 4 is 34.4 Å². The molecule has 1 amide bonds. The summed E-state index contributed by atoms with van der Waals surface area (Å²) in [5, 5.41) is 3.65. The van der Waals surface area contributed by atoms with Crippen molar-refractivity contribution in [1.29, 1.82) is 0 Å². The molecule has 0 atom stereocenters. The van der Waals surface area contributed by atoms with E-state index < -0.39 is 0 Å². The van der Waals surface area contributed by atoms with Gasteiger partial charge in [0.15, 0.2) is 10.9 Å². The third kappa shape index (κ3) is 6.93. The van der Waals surface area contributed by atoms with Crippen LogP contribution in [0.1, 0.15) is 41.5 Å². The van der Waals surface area contributed by atoms with Gasteiger partial charge in [0.25, 0.3) is 11.5 Å². The molecule has 0 aliphatic heterocycles. The zero-order chi connectivity index (χ0) is 25.4. The molecule has 0 saturated carbocycles. The zero-order valence-corrected chi connectivity index (χ0v) is 21.3. The maximum atomic E-state index is 13.3. The van der Waals surface area contributed by atoms with E-state index in [1.54, 1.807) is 54.1 Å². The van der Waals surface area contributed by atoms with Gasteiger partial charge in [-0.1, -0.05) is 25.6 Å². The topological polar surface area (TPSA) is 99.5 Å². The monoisotopic (exact) mass is 497 g/mol. The van der Waals surface area contributed by atoms with E-state index in [0.717, 1.165) is 0 Å². The SMILES string of the molecule is CCOc1ccc(C(=O)CSc2nc3cc(C(=O)NCCOC)ccc3c(=O)n2CC(C)C)cc1. The van der Waals surface area contributed by atoms with Gasteiger partial charge in [0.1, 0.15) is 5.75 Å². The second kappa shape index (κ2) is 12.5. The lowest BCUT2D eigenvalue weighted by molar-refractivity contribution is 0.0936. The third-order valence-corrected chi connectivity index (χ3v) is 6.12. The first-order valence-corrected chi connectivity index (χ1v) is 12.5. The van der Waals surface area contributed by atoms with Gasteiger partial charge < -0.3 is 14.8 Å². The second-order valence-electron chi connectivity index (χ2n) is 8.35. The number of benzene rings is 2. The number of carbonyl (C=O) groups excluding carboxylic acids is 2. The molecule has 1 aromatic heterocycles. The highest BCUT2D eigenvalue weighted by atomic mass is 32.2. The smallest absolute Gasteiger partial charge is 0.262 e. The highest BCUT2D eigenvalue weighted by Crippen LogP contribution is 2.22. The van der Waals surface area contributed by atoms with Crippen molar-refractivity contribution in [3.63, 3.8) is 0 Å². The third-order valence-electron chi connectivity index (χ3n) is 5.14. The van der Waals surface area contributed by atoms with Crippen LogP contribution < -0.4 is 15.6 Å². The number of thioether (sulfide) groups is 1. The van der Waals surface area contributed by atoms with Crippen LogP contribution in [0.25, 0.3) is 10.9 Å². The quantitative estimate of drug-likeness (QED) is 0.176. The Morgan fingerprint density at radius 3 is 2.49 bits per heavy atom. The Kier molecular flexibility index (Phi) is 9.45. The van der Waals surface area contributed by atoms with Crippen molar-refractivity contribution in [2.45, 2.75) is 32.5 Å². The second-order valence-corrected chi connectivity index (χ2v) is 9.30. The van der Waals surface area contributed by atoms with Crippen LogP contribution in [0.15, 0.2) is 52.4 Å². The number of hydrogen-bond acceptors (Lipinski definition) is 7. The van der Waals surface area contributed by atoms with Crippen LogP contribution in [0, 0.1) is 5.92 Å². The van der Waals surface area contributed by atoms with E-state index in [4.69, 9.17) is 9.47 Å². The number of rotatable bonds is 12. The summed E-state index contributed by atoms with van der Waals surface area (Å²) in [6.07, 6.45) is 0. The molecule has 9 heteroatoms. The Morgan fingerprint density at radius 1 is 1.11 bits per heavy atom. The molecule has 0 fully saturated rings. The fourth-order valence-corrected chi connectivity index (χ4v) is 4.37. The Hall–Kier alpha value is -3.17.